The number of sulfonamides is 1. The second-order valence-electron chi connectivity index (χ2n) is 5.24. The zero-order chi connectivity index (χ0) is 17.5. The van der Waals surface area contributed by atoms with Crippen molar-refractivity contribution in [3.05, 3.63) is 24.3 Å². The minimum absolute atomic E-state index is 0.130. The summed E-state index contributed by atoms with van der Waals surface area (Å²) in [7, 11) is -3.89. The van der Waals surface area contributed by atoms with E-state index in [0.717, 1.165) is 12.1 Å². The van der Waals surface area contributed by atoms with Gasteiger partial charge in [-0.2, -0.15) is 0 Å². The summed E-state index contributed by atoms with van der Waals surface area (Å²) in [6.07, 6.45) is -4.41. The third kappa shape index (κ3) is 8.19. The quantitative estimate of drug-likeness (QED) is 0.692. The van der Waals surface area contributed by atoms with E-state index in [1.807, 2.05) is 13.8 Å². The molecule has 0 saturated carbocycles. The van der Waals surface area contributed by atoms with E-state index in [1.165, 1.54) is 12.1 Å². The van der Waals surface area contributed by atoms with Gasteiger partial charge in [-0.05, 0) is 24.5 Å². The van der Waals surface area contributed by atoms with Crippen LogP contribution in [0.4, 0.5) is 13.2 Å². The molecular formula is C14H20F3NO4S. The van der Waals surface area contributed by atoms with Crippen LogP contribution in [0, 0.1) is 5.92 Å². The molecule has 0 saturated heterocycles. The summed E-state index contributed by atoms with van der Waals surface area (Å²) < 4.78 is 71.8. The van der Waals surface area contributed by atoms with Gasteiger partial charge in [-0.1, -0.05) is 19.9 Å². The van der Waals surface area contributed by atoms with Crippen LogP contribution in [-0.2, 0) is 14.8 Å². The lowest BCUT2D eigenvalue weighted by Gasteiger charge is -2.11. The molecule has 0 aliphatic carbocycles. The lowest BCUT2D eigenvalue weighted by Crippen LogP contribution is -2.26. The van der Waals surface area contributed by atoms with Crippen molar-refractivity contribution in [1.29, 1.82) is 0 Å². The fraction of sp³-hybridized carbons (Fsp3) is 0.571. The van der Waals surface area contributed by atoms with Gasteiger partial charge in [-0.25, -0.2) is 13.1 Å². The Morgan fingerprint density at radius 3 is 2.57 bits per heavy atom. The van der Waals surface area contributed by atoms with Crippen LogP contribution < -0.4 is 9.46 Å². The van der Waals surface area contributed by atoms with Gasteiger partial charge in [0.15, 0.2) is 0 Å². The summed E-state index contributed by atoms with van der Waals surface area (Å²) >= 11 is 0. The maximum absolute atomic E-state index is 12.1. The van der Waals surface area contributed by atoms with E-state index < -0.39 is 22.1 Å². The number of benzene rings is 1. The number of hydrogen-bond acceptors (Lipinski definition) is 4. The molecule has 0 atom stereocenters. The molecule has 0 unspecified atom stereocenters. The predicted molar refractivity (Wildman–Crippen MR) is 78.6 cm³/mol. The number of alkyl halides is 3. The van der Waals surface area contributed by atoms with E-state index in [0.29, 0.717) is 25.6 Å². The van der Waals surface area contributed by atoms with Crippen LogP contribution in [-0.4, -0.2) is 34.5 Å². The highest BCUT2D eigenvalue weighted by atomic mass is 32.2. The van der Waals surface area contributed by atoms with Crippen molar-refractivity contribution in [3.63, 3.8) is 0 Å². The SMILES string of the molecule is CC(C)COCCCNS(=O)(=O)c1cccc(OC(F)(F)F)c1. The van der Waals surface area contributed by atoms with Gasteiger partial charge in [-0.3, -0.25) is 0 Å². The lowest BCUT2D eigenvalue weighted by molar-refractivity contribution is -0.274. The molecule has 1 aromatic rings. The zero-order valence-electron chi connectivity index (χ0n) is 12.9. The smallest absolute Gasteiger partial charge is 0.406 e. The molecule has 9 heteroatoms. The van der Waals surface area contributed by atoms with Gasteiger partial charge in [0.2, 0.25) is 10.0 Å². The second-order valence-corrected chi connectivity index (χ2v) is 7.01. The predicted octanol–water partition coefficient (Wildman–Crippen LogP) is 2.93. The summed E-state index contributed by atoms with van der Waals surface area (Å²) in [6, 6.07) is 4.24. The molecule has 23 heavy (non-hydrogen) atoms. The van der Waals surface area contributed by atoms with Gasteiger partial charge in [0.05, 0.1) is 4.90 Å². The fourth-order valence-electron chi connectivity index (χ4n) is 1.62. The zero-order valence-corrected chi connectivity index (χ0v) is 13.7. The van der Waals surface area contributed by atoms with Crippen LogP contribution in [0.25, 0.3) is 0 Å². The summed E-state index contributed by atoms with van der Waals surface area (Å²) in [5.41, 5.74) is 0. The molecule has 0 heterocycles. The lowest BCUT2D eigenvalue weighted by atomic mass is 10.2. The minimum atomic E-state index is -4.87. The first-order valence-corrected chi connectivity index (χ1v) is 8.52. The van der Waals surface area contributed by atoms with E-state index in [2.05, 4.69) is 9.46 Å². The van der Waals surface area contributed by atoms with Crippen LogP contribution in [0.1, 0.15) is 20.3 Å². The van der Waals surface area contributed by atoms with E-state index >= 15 is 0 Å². The number of nitrogens with one attached hydrogen (secondary N) is 1. The molecule has 0 bridgehead atoms. The molecule has 1 aromatic carbocycles. The van der Waals surface area contributed by atoms with Crippen molar-refractivity contribution in [2.75, 3.05) is 19.8 Å². The second kappa shape index (κ2) is 8.51. The van der Waals surface area contributed by atoms with Crippen LogP contribution >= 0.6 is 0 Å². The Morgan fingerprint density at radius 2 is 1.96 bits per heavy atom. The first-order valence-electron chi connectivity index (χ1n) is 7.03. The molecule has 0 spiro atoms. The van der Waals surface area contributed by atoms with Gasteiger partial charge in [0.25, 0.3) is 0 Å². The normalized spacial score (nSPS) is 12.6. The molecule has 132 valence electrons. The third-order valence-corrected chi connectivity index (χ3v) is 4.02. The van der Waals surface area contributed by atoms with Crippen molar-refractivity contribution in [2.45, 2.75) is 31.5 Å². The van der Waals surface area contributed by atoms with Crippen molar-refractivity contribution in [1.82, 2.24) is 4.72 Å². The highest BCUT2D eigenvalue weighted by Crippen LogP contribution is 2.24. The molecular weight excluding hydrogens is 335 g/mol. The van der Waals surface area contributed by atoms with Gasteiger partial charge in [0.1, 0.15) is 5.75 Å². The molecule has 0 radical (unpaired) electrons. The Labute approximate surface area is 133 Å². The summed E-state index contributed by atoms with van der Waals surface area (Å²) in [5.74, 6) is -0.191. The van der Waals surface area contributed by atoms with E-state index in [4.69, 9.17) is 4.74 Å². The van der Waals surface area contributed by atoms with Crippen molar-refractivity contribution in [3.8, 4) is 5.75 Å². The van der Waals surface area contributed by atoms with Crippen molar-refractivity contribution in [2.24, 2.45) is 5.92 Å². The average Bonchev–Trinajstić information content (AvgIpc) is 2.41. The Bertz CT molecular complexity index is 588. The Hall–Kier alpha value is -1.32. The van der Waals surface area contributed by atoms with Gasteiger partial charge >= 0.3 is 6.36 Å². The summed E-state index contributed by atoms with van der Waals surface area (Å²) in [6.45, 7) is 5.11. The number of halogens is 3. The molecule has 1 N–H and O–H groups in total. The molecule has 0 aromatic heterocycles. The van der Waals surface area contributed by atoms with Crippen LogP contribution in [0.15, 0.2) is 29.2 Å². The fourth-order valence-corrected chi connectivity index (χ4v) is 2.73. The first-order chi connectivity index (χ1) is 10.6. The molecule has 0 fully saturated rings. The van der Waals surface area contributed by atoms with E-state index in [1.54, 1.807) is 0 Å². The van der Waals surface area contributed by atoms with Crippen LogP contribution in [0.3, 0.4) is 0 Å². The summed E-state index contributed by atoms with van der Waals surface area (Å²) in [5, 5.41) is 0. The van der Waals surface area contributed by atoms with Gasteiger partial charge in [0, 0.05) is 25.8 Å². The third-order valence-electron chi connectivity index (χ3n) is 2.56. The van der Waals surface area contributed by atoms with Crippen molar-refractivity contribution < 1.29 is 31.1 Å². The molecule has 0 amide bonds. The Balaban J connectivity index is 2.54. The molecule has 0 aliphatic rings. The van der Waals surface area contributed by atoms with Crippen LogP contribution in [0.5, 0.6) is 5.75 Å². The summed E-state index contributed by atoms with van der Waals surface area (Å²) in [4.78, 5) is -0.289. The highest BCUT2D eigenvalue weighted by Gasteiger charge is 2.31. The van der Waals surface area contributed by atoms with E-state index in [-0.39, 0.29) is 11.4 Å². The first kappa shape index (κ1) is 19.7. The number of ether oxygens (including phenoxy) is 2. The minimum Gasteiger partial charge on any atom is -0.406 e. The Morgan fingerprint density at radius 1 is 1.26 bits per heavy atom. The largest absolute Gasteiger partial charge is 0.573 e. The standard InChI is InChI=1S/C14H20F3NO4S/c1-11(2)10-21-8-4-7-18-23(19,20)13-6-3-5-12(9-13)22-14(15,16)17/h3,5-6,9,11,18H,4,7-8,10H2,1-2H3. The average molecular weight is 355 g/mol. The maximum Gasteiger partial charge on any atom is 0.573 e. The van der Waals surface area contributed by atoms with Crippen molar-refractivity contribution >= 4 is 10.0 Å². The molecule has 0 aliphatic heterocycles. The van der Waals surface area contributed by atoms with Gasteiger partial charge in [-0.15, -0.1) is 13.2 Å². The number of rotatable bonds is 9. The Kier molecular flexibility index (Phi) is 7.30. The monoisotopic (exact) mass is 355 g/mol. The maximum atomic E-state index is 12.1. The molecule has 5 nitrogen and oxygen atoms in total. The van der Waals surface area contributed by atoms with E-state index in [9.17, 15) is 21.6 Å². The number of hydrogen-bond donors (Lipinski definition) is 1. The topological polar surface area (TPSA) is 64.6 Å². The molecule has 1 rings (SSSR count). The van der Waals surface area contributed by atoms with Crippen LogP contribution in [0.2, 0.25) is 0 Å². The highest BCUT2D eigenvalue weighted by molar-refractivity contribution is 7.89. The van der Waals surface area contributed by atoms with Gasteiger partial charge < -0.3 is 9.47 Å².